The highest BCUT2D eigenvalue weighted by atomic mass is 35.5. The van der Waals surface area contributed by atoms with Gasteiger partial charge in [-0.15, -0.1) is 0 Å². The Hall–Kier alpha value is -0.990. The van der Waals surface area contributed by atoms with E-state index in [4.69, 9.17) is 17.3 Å². The summed E-state index contributed by atoms with van der Waals surface area (Å²) in [5, 5.41) is 1.87. The summed E-state index contributed by atoms with van der Waals surface area (Å²) in [6.45, 7) is 0. The number of halogens is 1. The second kappa shape index (κ2) is 3.00. The molecular formula is C12H13ClN2. The van der Waals surface area contributed by atoms with E-state index in [1.165, 1.54) is 5.56 Å². The first-order valence-corrected chi connectivity index (χ1v) is 5.59. The number of nitrogens with one attached hydrogen (secondary N) is 1. The highest BCUT2D eigenvalue weighted by molar-refractivity contribution is 6.35. The average molecular weight is 221 g/mol. The van der Waals surface area contributed by atoms with Crippen LogP contribution in [0.15, 0.2) is 24.4 Å². The molecule has 0 amide bonds. The molecule has 3 rings (SSSR count). The van der Waals surface area contributed by atoms with E-state index in [0.29, 0.717) is 0 Å². The van der Waals surface area contributed by atoms with Crippen molar-refractivity contribution in [1.29, 1.82) is 0 Å². The first-order chi connectivity index (χ1) is 7.16. The van der Waals surface area contributed by atoms with Gasteiger partial charge < -0.3 is 10.7 Å². The van der Waals surface area contributed by atoms with Crippen molar-refractivity contribution in [3.05, 3.63) is 35.0 Å². The molecule has 0 unspecified atom stereocenters. The van der Waals surface area contributed by atoms with Crippen LogP contribution in [0.4, 0.5) is 0 Å². The van der Waals surface area contributed by atoms with Gasteiger partial charge in [-0.3, -0.25) is 0 Å². The van der Waals surface area contributed by atoms with Crippen molar-refractivity contribution in [2.24, 2.45) is 5.73 Å². The van der Waals surface area contributed by atoms with Crippen LogP contribution in [0.2, 0.25) is 5.02 Å². The minimum atomic E-state index is 0.0735. The minimum absolute atomic E-state index is 0.0735. The molecule has 3 N–H and O–H groups in total. The van der Waals surface area contributed by atoms with Crippen molar-refractivity contribution in [3.63, 3.8) is 0 Å². The molecule has 1 aromatic carbocycles. The van der Waals surface area contributed by atoms with Crippen molar-refractivity contribution in [2.75, 3.05) is 0 Å². The van der Waals surface area contributed by atoms with Crippen molar-refractivity contribution in [3.8, 4) is 0 Å². The van der Waals surface area contributed by atoms with Gasteiger partial charge >= 0.3 is 0 Å². The molecule has 1 fully saturated rings. The number of benzene rings is 1. The van der Waals surface area contributed by atoms with Gasteiger partial charge in [-0.05, 0) is 30.9 Å². The van der Waals surface area contributed by atoms with E-state index in [-0.39, 0.29) is 5.54 Å². The molecule has 1 aliphatic rings. The van der Waals surface area contributed by atoms with Crippen LogP contribution in [0.3, 0.4) is 0 Å². The van der Waals surface area contributed by atoms with Gasteiger partial charge in [0.2, 0.25) is 0 Å². The quantitative estimate of drug-likeness (QED) is 0.803. The van der Waals surface area contributed by atoms with Crippen molar-refractivity contribution < 1.29 is 0 Å². The summed E-state index contributed by atoms with van der Waals surface area (Å²) in [7, 11) is 0. The molecule has 1 aliphatic carbocycles. The number of hydrogen-bond acceptors (Lipinski definition) is 1. The van der Waals surface area contributed by atoms with Gasteiger partial charge in [0.15, 0.2) is 0 Å². The highest BCUT2D eigenvalue weighted by Gasteiger charge is 2.37. The summed E-state index contributed by atoms with van der Waals surface area (Å²) in [6, 6.07) is 6.33. The van der Waals surface area contributed by atoms with Gasteiger partial charge in [-0.2, -0.15) is 0 Å². The van der Waals surface area contributed by atoms with Crippen LogP contribution in [0.5, 0.6) is 0 Å². The summed E-state index contributed by atoms with van der Waals surface area (Å²) >= 11 is 6.01. The zero-order chi connectivity index (χ0) is 10.5. The zero-order valence-corrected chi connectivity index (χ0v) is 9.14. The smallest absolute Gasteiger partial charge is 0.0659 e. The standard InChI is InChI=1S/C12H13ClN2/c13-10-7-15-11-5-8(1-2-9(10)11)6-12(14)3-4-12/h1-2,5,7,15H,3-4,6,14H2. The minimum Gasteiger partial charge on any atom is -0.360 e. The lowest BCUT2D eigenvalue weighted by molar-refractivity contribution is 0.672. The largest absolute Gasteiger partial charge is 0.360 e. The van der Waals surface area contributed by atoms with Gasteiger partial charge in [0, 0.05) is 22.6 Å². The Morgan fingerprint density at radius 1 is 1.40 bits per heavy atom. The lowest BCUT2D eigenvalue weighted by Crippen LogP contribution is -2.24. The molecule has 0 aliphatic heterocycles. The van der Waals surface area contributed by atoms with Crippen LogP contribution < -0.4 is 5.73 Å². The Balaban J connectivity index is 1.99. The van der Waals surface area contributed by atoms with Gasteiger partial charge in [-0.25, -0.2) is 0 Å². The van der Waals surface area contributed by atoms with Crippen LogP contribution in [0.25, 0.3) is 10.9 Å². The molecule has 0 radical (unpaired) electrons. The fraction of sp³-hybridized carbons (Fsp3) is 0.333. The predicted octanol–water partition coefficient (Wildman–Crippen LogP) is 2.86. The molecular weight excluding hydrogens is 208 g/mol. The molecule has 1 saturated carbocycles. The molecule has 0 atom stereocenters. The van der Waals surface area contributed by atoms with Gasteiger partial charge in [0.1, 0.15) is 0 Å². The number of hydrogen-bond donors (Lipinski definition) is 2. The molecule has 0 spiro atoms. The number of aromatic nitrogens is 1. The number of aromatic amines is 1. The number of nitrogens with two attached hydrogens (primary N) is 1. The number of rotatable bonds is 2. The van der Waals surface area contributed by atoms with E-state index < -0.39 is 0 Å². The highest BCUT2D eigenvalue weighted by Crippen LogP contribution is 2.36. The fourth-order valence-electron chi connectivity index (χ4n) is 1.99. The maximum atomic E-state index is 6.09. The van der Waals surface area contributed by atoms with Crippen molar-refractivity contribution in [2.45, 2.75) is 24.8 Å². The fourth-order valence-corrected chi connectivity index (χ4v) is 2.21. The molecule has 0 saturated heterocycles. The van der Waals surface area contributed by atoms with Crippen LogP contribution in [0.1, 0.15) is 18.4 Å². The molecule has 3 heteroatoms. The van der Waals surface area contributed by atoms with E-state index in [9.17, 15) is 0 Å². The summed E-state index contributed by atoms with van der Waals surface area (Å²) in [5.41, 5.74) is 8.56. The second-order valence-electron chi connectivity index (χ2n) is 4.56. The first kappa shape index (κ1) is 9.25. The van der Waals surface area contributed by atoms with Gasteiger partial charge in [0.25, 0.3) is 0 Å². The van der Waals surface area contributed by atoms with E-state index in [2.05, 4.69) is 23.2 Å². The summed E-state index contributed by atoms with van der Waals surface area (Å²) < 4.78 is 0. The second-order valence-corrected chi connectivity index (χ2v) is 4.96. The molecule has 1 heterocycles. The van der Waals surface area contributed by atoms with E-state index in [1.807, 2.05) is 6.20 Å². The average Bonchev–Trinajstić information content (AvgIpc) is 2.81. The third-order valence-corrected chi connectivity index (χ3v) is 3.46. The summed E-state index contributed by atoms with van der Waals surface area (Å²) in [5.74, 6) is 0. The molecule has 1 aromatic heterocycles. The Morgan fingerprint density at radius 2 is 2.20 bits per heavy atom. The Morgan fingerprint density at radius 3 is 2.93 bits per heavy atom. The van der Waals surface area contributed by atoms with Gasteiger partial charge in [-0.1, -0.05) is 23.7 Å². The third kappa shape index (κ3) is 1.64. The summed E-state index contributed by atoms with van der Waals surface area (Å²) in [6.07, 6.45) is 5.10. The SMILES string of the molecule is NC1(Cc2ccc3c(Cl)c[nH]c3c2)CC1. The van der Waals surface area contributed by atoms with Crippen molar-refractivity contribution in [1.82, 2.24) is 4.98 Å². The maximum absolute atomic E-state index is 6.09. The Bertz CT molecular complexity index is 511. The lowest BCUT2D eigenvalue weighted by Gasteiger charge is -2.08. The topological polar surface area (TPSA) is 41.8 Å². The number of fused-ring (bicyclic) bond motifs is 1. The van der Waals surface area contributed by atoms with Crippen LogP contribution in [-0.4, -0.2) is 10.5 Å². The monoisotopic (exact) mass is 220 g/mol. The Labute approximate surface area is 93.4 Å². The maximum Gasteiger partial charge on any atom is 0.0659 e. The summed E-state index contributed by atoms with van der Waals surface area (Å²) in [4.78, 5) is 3.16. The third-order valence-electron chi connectivity index (χ3n) is 3.14. The van der Waals surface area contributed by atoms with E-state index in [0.717, 1.165) is 35.2 Å². The normalized spacial score (nSPS) is 18.3. The Kier molecular flexibility index (Phi) is 1.85. The van der Waals surface area contributed by atoms with E-state index >= 15 is 0 Å². The molecule has 78 valence electrons. The number of H-pyrrole nitrogens is 1. The zero-order valence-electron chi connectivity index (χ0n) is 8.39. The molecule has 15 heavy (non-hydrogen) atoms. The molecule has 0 bridgehead atoms. The molecule has 2 nitrogen and oxygen atoms in total. The molecule has 2 aromatic rings. The van der Waals surface area contributed by atoms with Crippen molar-refractivity contribution >= 4 is 22.5 Å². The first-order valence-electron chi connectivity index (χ1n) is 5.21. The van der Waals surface area contributed by atoms with E-state index in [1.54, 1.807) is 0 Å². The van der Waals surface area contributed by atoms with Crippen LogP contribution >= 0.6 is 11.6 Å². The lowest BCUT2D eigenvalue weighted by atomic mass is 10.0. The predicted molar refractivity (Wildman–Crippen MR) is 63.2 cm³/mol. The van der Waals surface area contributed by atoms with Crippen LogP contribution in [0, 0.1) is 0 Å². The van der Waals surface area contributed by atoms with Gasteiger partial charge in [0.05, 0.1) is 5.02 Å². The van der Waals surface area contributed by atoms with Crippen LogP contribution in [-0.2, 0) is 6.42 Å².